The molecule has 2 aromatic carbocycles. The lowest BCUT2D eigenvalue weighted by atomic mass is 10.2. The van der Waals surface area contributed by atoms with E-state index < -0.39 is 0 Å². The van der Waals surface area contributed by atoms with Crippen molar-refractivity contribution in [2.24, 2.45) is 0 Å². The van der Waals surface area contributed by atoms with Crippen molar-refractivity contribution in [2.75, 3.05) is 18.6 Å². The quantitative estimate of drug-likeness (QED) is 0.603. The first-order valence-corrected chi connectivity index (χ1v) is 8.40. The van der Waals surface area contributed by atoms with Crippen LogP contribution in [-0.2, 0) is 6.54 Å². The van der Waals surface area contributed by atoms with Crippen LogP contribution in [0.4, 0.5) is 0 Å². The van der Waals surface area contributed by atoms with E-state index in [0.29, 0.717) is 0 Å². The Bertz CT molecular complexity index is 485. The molecule has 0 saturated carbocycles. The van der Waals surface area contributed by atoms with Crippen molar-refractivity contribution in [1.82, 2.24) is 5.32 Å². The maximum Gasteiger partial charge on any atom is 0.0202 e. The van der Waals surface area contributed by atoms with Gasteiger partial charge in [0.2, 0.25) is 0 Å². The van der Waals surface area contributed by atoms with Gasteiger partial charge in [-0.05, 0) is 36.9 Å². The van der Waals surface area contributed by atoms with Gasteiger partial charge in [-0.2, -0.15) is 0 Å². The zero-order valence-corrected chi connectivity index (χ0v) is 12.8. The summed E-state index contributed by atoms with van der Waals surface area (Å²) in [6.45, 7) is 0.938. The maximum atomic E-state index is 3.19. The predicted molar refractivity (Wildman–Crippen MR) is 87.1 cm³/mol. The molecule has 0 aliphatic heterocycles. The molecular formula is C16H19NS2. The number of benzene rings is 2. The van der Waals surface area contributed by atoms with E-state index in [0.717, 1.165) is 18.1 Å². The van der Waals surface area contributed by atoms with Crippen LogP contribution in [0.5, 0.6) is 0 Å². The first-order chi connectivity index (χ1) is 9.38. The van der Waals surface area contributed by atoms with Gasteiger partial charge in [0, 0.05) is 27.8 Å². The Morgan fingerprint density at radius 3 is 2.26 bits per heavy atom. The van der Waals surface area contributed by atoms with Crippen LogP contribution in [0.2, 0.25) is 0 Å². The van der Waals surface area contributed by atoms with Gasteiger partial charge in [0.05, 0.1) is 0 Å². The lowest BCUT2D eigenvalue weighted by molar-refractivity contribution is 0.815. The van der Waals surface area contributed by atoms with Crippen LogP contribution >= 0.6 is 23.5 Å². The Morgan fingerprint density at radius 2 is 1.53 bits per heavy atom. The molecule has 19 heavy (non-hydrogen) atoms. The molecule has 0 bridgehead atoms. The second kappa shape index (κ2) is 8.31. The van der Waals surface area contributed by atoms with Gasteiger partial charge in [-0.25, -0.2) is 0 Å². The fourth-order valence-electron chi connectivity index (χ4n) is 1.79. The maximum absolute atomic E-state index is 3.19. The molecule has 0 radical (unpaired) electrons. The third kappa shape index (κ3) is 5.31. The van der Waals surface area contributed by atoms with Gasteiger partial charge in [0.1, 0.15) is 0 Å². The number of thioether (sulfide) groups is 2. The molecule has 1 N–H and O–H groups in total. The summed E-state index contributed by atoms with van der Waals surface area (Å²) in [6, 6.07) is 19.4. The SMILES string of the molecule is CNCc1cccc(SCCSc2ccccc2)c1. The Kier molecular flexibility index (Phi) is 6.34. The number of rotatable bonds is 7. The van der Waals surface area contributed by atoms with Crippen LogP contribution in [0.3, 0.4) is 0 Å². The van der Waals surface area contributed by atoms with Gasteiger partial charge in [0.25, 0.3) is 0 Å². The second-order valence-corrected chi connectivity index (χ2v) is 6.52. The molecule has 3 heteroatoms. The third-order valence-corrected chi connectivity index (χ3v) is 4.91. The van der Waals surface area contributed by atoms with Crippen molar-refractivity contribution in [3.05, 3.63) is 60.2 Å². The summed E-state index contributed by atoms with van der Waals surface area (Å²) in [5.74, 6) is 2.29. The average Bonchev–Trinajstić information content (AvgIpc) is 2.46. The normalized spacial score (nSPS) is 10.6. The fraction of sp³-hybridized carbons (Fsp3) is 0.250. The van der Waals surface area contributed by atoms with Gasteiger partial charge in [-0.1, -0.05) is 30.3 Å². The molecule has 2 aromatic rings. The summed E-state index contributed by atoms with van der Waals surface area (Å²) < 4.78 is 0. The predicted octanol–water partition coefficient (Wildman–Crippen LogP) is 4.29. The van der Waals surface area contributed by atoms with E-state index in [-0.39, 0.29) is 0 Å². The van der Waals surface area contributed by atoms with E-state index in [1.54, 1.807) is 0 Å². The molecule has 0 heterocycles. The Hall–Kier alpha value is -0.900. The van der Waals surface area contributed by atoms with Gasteiger partial charge in [-0.3, -0.25) is 0 Å². The van der Waals surface area contributed by atoms with E-state index >= 15 is 0 Å². The number of hydrogen-bond donors (Lipinski definition) is 1. The van der Waals surface area contributed by atoms with Crippen molar-refractivity contribution < 1.29 is 0 Å². The van der Waals surface area contributed by atoms with Crippen LogP contribution in [-0.4, -0.2) is 18.6 Å². The fourth-order valence-corrected chi connectivity index (χ4v) is 3.68. The standard InChI is InChI=1S/C16H19NS2/c1-17-13-14-6-5-9-16(12-14)19-11-10-18-15-7-3-2-4-8-15/h2-9,12,17H,10-11,13H2,1H3. The first kappa shape index (κ1) is 14.5. The van der Waals surface area contributed by atoms with Gasteiger partial charge in [-0.15, -0.1) is 23.5 Å². The molecule has 1 nitrogen and oxygen atoms in total. The minimum atomic E-state index is 0.938. The highest BCUT2D eigenvalue weighted by Crippen LogP contribution is 2.23. The van der Waals surface area contributed by atoms with Gasteiger partial charge < -0.3 is 5.32 Å². The monoisotopic (exact) mass is 289 g/mol. The molecule has 0 amide bonds. The number of hydrogen-bond acceptors (Lipinski definition) is 3. The minimum Gasteiger partial charge on any atom is -0.316 e. The number of nitrogens with one attached hydrogen (secondary N) is 1. The molecule has 0 aromatic heterocycles. The van der Waals surface area contributed by atoms with Crippen molar-refractivity contribution in [1.29, 1.82) is 0 Å². The second-order valence-electron chi connectivity index (χ2n) is 4.19. The minimum absolute atomic E-state index is 0.938. The van der Waals surface area contributed by atoms with E-state index in [1.807, 2.05) is 30.6 Å². The van der Waals surface area contributed by atoms with Crippen LogP contribution in [0.25, 0.3) is 0 Å². The molecule has 0 aliphatic rings. The third-order valence-electron chi connectivity index (χ3n) is 2.64. The Morgan fingerprint density at radius 1 is 0.842 bits per heavy atom. The zero-order valence-electron chi connectivity index (χ0n) is 11.1. The summed E-state index contributed by atoms with van der Waals surface area (Å²) in [6.07, 6.45) is 0. The summed E-state index contributed by atoms with van der Waals surface area (Å²) in [5.41, 5.74) is 1.35. The summed E-state index contributed by atoms with van der Waals surface area (Å²) in [4.78, 5) is 2.72. The molecule has 0 fully saturated rings. The van der Waals surface area contributed by atoms with E-state index in [4.69, 9.17) is 0 Å². The molecule has 0 aliphatic carbocycles. The van der Waals surface area contributed by atoms with E-state index in [1.165, 1.54) is 15.4 Å². The van der Waals surface area contributed by atoms with Gasteiger partial charge >= 0.3 is 0 Å². The molecule has 100 valence electrons. The van der Waals surface area contributed by atoms with Crippen LogP contribution in [0, 0.1) is 0 Å². The van der Waals surface area contributed by atoms with E-state index in [9.17, 15) is 0 Å². The van der Waals surface area contributed by atoms with E-state index in [2.05, 4.69) is 59.9 Å². The van der Waals surface area contributed by atoms with Crippen molar-refractivity contribution in [3.8, 4) is 0 Å². The first-order valence-electron chi connectivity index (χ1n) is 6.42. The summed E-state index contributed by atoms with van der Waals surface area (Å²) in [7, 11) is 1.98. The molecule has 0 atom stereocenters. The lowest BCUT2D eigenvalue weighted by Gasteiger charge is -2.05. The van der Waals surface area contributed by atoms with Crippen LogP contribution in [0.15, 0.2) is 64.4 Å². The largest absolute Gasteiger partial charge is 0.316 e. The zero-order chi connectivity index (χ0) is 13.3. The summed E-state index contributed by atoms with van der Waals surface area (Å²) >= 11 is 3.85. The molecule has 2 rings (SSSR count). The molecular weight excluding hydrogens is 270 g/mol. The Balaban J connectivity index is 1.75. The highest BCUT2D eigenvalue weighted by atomic mass is 32.2. The topological polar surface area (TPSA) is 12.0 Å². The molecule has 0 saturated heterocycles. The highest BCUT2D eigenvalue weighted by Gasteiger charge is 1.97. The smallest absolute Gasteiger partial charge is 0.0202 e. The highest BCUT2D eigenvalue weighted by molar-refractivity contribution is 8.03. The van der Waals surface area contributed by atoms with Crippen molar-refractivity contribution in [3.63, 3.8) is 0 Å². The molecule has 0 spiro atoms. The summed E-state index contributed by atoms with van der Waals surface area (Å²) in [5, 5.41) is 3.19. The van der Waals surface area contributed by atoms with Crippen molar-refractivity contribution in [2.45, 2.75) is 16.3 Å². The van der Waals surface area contributed by atoms with Crippen LogP contribution in [0.1, 0.15) is 5.56 Å². The average molecular weight is 289 g/mol. The lowest BCUT2D eigenvalue weighted by Crippen LogP contribution is -2.04. The van der Waals surface area contributed by atoms with Crippen molar-refractivity contribution >= 4 is 23.5 Å². The Labute approximate surface area is 124 Å². The van der Waals surface area contributed by atoms with Crippen LogP contribution < -0.4 is 5.32 Å². The molecule has 0 unspecified atom stereocenters. The van der Waals surface area contributed by atoms with Gasteiger partial charge in [0.15, 0.2) is 0 Å².